The number of carbonyl (C=O) groups excluding carboxylic acids is 1. The fraction of sp³-hybridized carbons (Fsp3) is 0.312. The molecular formula is C48H56IN11O9S2. The van der Waals surface area contributed by atoms with Gasteiger partial charge in [-0.25, -0.2) is 31.3 Å². The molecule has 5 aromatic carbocycles. The summed E-state index contributed by atoms with van der Waals surface area (Å²) in [6, 6.07) is 27.6. The highest BCUT2D eigenvalue weighted by Gasteiger charge is 2.40. The molecule has 23 heteroatoms. The predicted octanol–water partition coefficient (Wildman–Crippen LogP) is 6.08. The highest BCUT2D eigenvalue weighted by Crippen LogP contribution is 2.43. The van der Waals surface area contributed by atoms with Crippen molar-refractivity contribution in [1.29, 1.82) is 0 Å². The van der Waals surface area contributed by atoms with Gasteiger partial charge in [0, 0.05) is 37.3 Å². The van der Waals surface area contributed by atoms with Crippen molar-refractivity contribution < 1.29 is 40.6 Å². The van der Waals surface area contributed by atoms with E-state index in [0.29, 0.717) is 57.9 Å². The van der Waals surface area contributed by atoms with Crippen LogP contribution in [0.5, 0.6) is 17.2 Å². The number of rotatable bonds is 18. The van der Waals surface area contributed by atoms with Crippen LogP contribution in [0.15, 0.2) is 113 Å². The molecule has 1 saturated heterocycles. The SMILES string of the molecule is COc1ccc(CN(Cc2ccc(OC)cc2)S(=O)(=O)c2c(S(=O)(=O)N[C@H]3CCNC3CNC(=O)OC(C)(C)C)ccc(-c3cccc4[nH]c(N)nc34)c2-c2nnn(Cc3ccc(OC)cc3)n2)cc1.I. The van der Waals surface area contributed by atoms with Crippen LogP contribution >= 0.6 is 24.0 Å². The van der Waals surface area contributed by atoms with Gasteiger partial charge in [-0.1, -0.05) is 54.6 Å². The number of anilines is 1. The Morgan fingerprint density at radius 3 is 1.99 bits per heavy atom. The highest BCUT2D eigenvalue weighted by atomic mass is 127. The number of tetrazole rings is 1. The Balaban J connectivity index is 0.00000741. The summed E-state index contributed by atoms with van der Waals surface area (Å²) < 4.78 is 88.6. The van der Waals surface area contributed by atoms with Gasteiger partial charge in [0.1, 0.15) is 32.6 Å². The summed E-state index contributed by atoms with van der Waals surface area (Å²) in [6.45, 7) is 5.32. The van der Waals surface area contributed by atoms with E-state index in [-0.39, 0.29) is 73.1 Å². The van der Waals surface area contributed by atoms with Gasteiger partial charge in [-0.05, 0) is 110 Å². The molecule has 0 spiro atoms. The molecule has 0 bridgehead atoms. The van der Waals surface area contributed by atoms with Gasteiger partial charge in [-0.2, -0.15) is 9.10 Å². The Hall–Kier alpha value is -6.38. The van der Waals surface area contributed by atoms with E-state index >= 15 is 16.8 Å². The number of methoxy groups -OCH3 is 3. The number of hydrogen-bond acceptors (Lipinski definition) is 15. The smallest absolute Gasteiger partial charge is 0.407 e. The first-order valence-electron chi connectivity index (χ1n) is 22.3. The van der Waals surface area contributed by atoms with Gasteiger partial charge in [0.2, 0.25) is 25.9 Å². The maximum atomic E-state index is 16.2. The average Bonchev–Trinajstić information content (AvgIpc) is 4.09. The fourth-order valence-corrected chi connectivity index (χ4v) is 11.9. The molecule has 1 aliphatic heterocycles. The van der Waals surface area contributed by atoms with Crippen molar-refractivity contribution in [3.63, 3.8) is 0 Å². The predicted molar refractivity (Wildman–Crippen MR) is 277 cm³/mol. The van der Waals surface area contributed by atoms with Crippen molar-refractivity contribution >= 4 is 67.1 Å². The van der Waals surface area contributed by atoms with Crippen LogP contribution in [0.3, 0.4) is 0 Å². The number of nitrogen functional groups attached to an aromatic ring is 1. The van der Waals surface area contributed by atoms with Gasteiger partial charge in [-0.15, -0.1) is 34.2 Å². The van der Waals surface area contributed by atoms with E-state index in [1.54, 1.807) is 107 Å². The molecule has 0 aliphatic carbocycles. The number of ether oxygens (including phenoxy) is 4. The van der Waals surface area contributed by atoms with Crippen molar-refractivity contribution in [2.75, 3.05) is 40.2 Å². The quantitative estimate of drug-likeness (QED) is 0.0610. The van der Waals surface area contributed by atoms with Crippen molar-refractivity contribution in [3.05, 3.63) is 120 Å². The number of hydrogen-bond donors (Lipinski definition) is 5. The van der Waals surface area contributed by atoms with Crippen LogP contribution in [0.2, 0.25) is 0 Å². The summed E-state index contributed by atoms with van der Waals surface area (Å²) in [6.07, 6.45) is -0.357. The van der Waals surface area contributed by atoms with Crippen molar-refractivity contribution in [2.24, 2.45) is 0 Å². The maximum Gasteiger partial charge on any atom is 0.407 e. The number of imidazole rings is 1. The third-order valence-corrected chi connectivity index (χ3v) is 15.1. The standard InChI is InChI=1S/C48H55N11O9S2.HI/c1-48(2,3)68-47(60)51-26-40-38(24-25-50-40)56-69(61,62)41-23-22-36(37-8-7-9-39-43(37)53-46(49)52-39)42(45-54-57-59(55-45)29-32-14-20-35(67-6)21-15-32)44(41)70(63,64)58(27-30-10-16-33(65-4)17-11-30)28-31-12-18-34(66-5)19-13-31;/h7-23,38,40,50,56H,24-29H2,1-6H3,(H,51,60)(H3,49,52,53);1H/t38-,40?;/m0./s1. The second-order valence-corrected chi connectivity index (χ2v) is 21.1. The van der Waals surface area contributed by atoms with Crippen molar-refractivity contribution in [2.45, 2.75) is 74.3 Å². The monoisotopic (exact) mass is 1120 g/mol. The van der Waals surface area contributed by atoms with E-state index < -0.39 is 53.6 Å². The Morgan fingerprint density at radius 1 is 0.817 bits per heavy atom. The normalized spacial score (nSPS) is 15.1. The number of fused-ring (bicyclic) bond motifs is 1. The van der Waals surface area contributed by atoms with Gasteiger partial charge in [0.25, 0.3) is 0 Å². The molecule has 1 unspecified atom stereocenters. The topological polar surface area (TPSA) is 260 Å². The third-order valence-electron chi connectivity index (χ3n) is 11.5. The van der Waals surface area contributed by atoms with E-state index in [2.05, 4.69) is 35.6 Å². The molecule has 1 amide bonds. The Morgan fingerprint density at radius 2 is 1.41 bits per heavy atom. The number of para-hydroxylation sites is 1. The number of nitrogens with two attached hydrogens (primary N) is 1. The largest absolute Gasteiger partial charge is 0.497 e. The van der Waals surface area contributed by atoms with Crippen molar-refractivity contribution in [1.82, 2.24) is 49.8 Å². The minimum absolute atomic E-state index is 0. The fourth-order valence-electron chi connectivity index (χ4n) is 8.17. The van der Waals surface area contributed by atoms with Crippen LogP contribution in [0.4, 0.5) is 10.7 Å². The molecule has 376 valence electrons. The number of nitrogens with zero attached hydrogens (tertiary/aromatic N) is 6. The van der Waals surface area contributed by atoms with Crippen LogP contribution in [-0.4, -0.2) is 110 Å². The van der Waals surface area contributed by atoms with E-state index in [9.17, 15) is 4.79 Å². The minimum atomic E-state index is -4.96. The van der Waals surface area contributed by atoms with E-state index in [1.165, 1.54) is 35.5 Å². The summed E-state index contributed by atoms with van der Waals surface area (Å²) in [5.41, 5.74) is 8.77. The van der Waals surface area contributed by atoms with Crippen LogP contribution in [0.1, 0.15) is 43.9 Å². The third kappa shape index (κ3) is 12.2. The number of sulfonamides is 2. The van der Waals surface area contributed by atoms with Crippen LogP contribution < -0.4 is 35.3 Å². The lowest BCUT2D eigenvalue weighted by molar-refractivity contribution is 0.0522. The molecule has 8 rings (SSSR count). The van der Waals surface area contributed by atoms with Crippen LogP contribution in [0.25, 0.3) is 33.5 Å². The molecule has 0 radical (unpaired) electrons. The van der Waals surface area contributed by atoms with Gasteiger partial charge < -0.3 is 40.3 Å². The molecule has 71 heavy (non-hydrogen) atoms. The maximum absolute atomic E-state index is 16.2. The van der Waals surface area contributed by atoms with Crippen LogP contribution in [-0.2, 0) is 44.4 Å². The summed E-state index contributed by atoms with van der Waals surface area (Å²) >= 11 is 0. The minimum Gasteiger partial charge on any atom is -0.497 e. The number of alkyl carbamates (subject to hydrolysis) is 1. The summed E-state index contributed by atoms with van der Waals surface area (Å²) in [5.74, 6) is 1.68. The molecule has 20 nitrogen and oxygen atoms in total. The number of benzene rings is 5. The lowest BCUT2D eigenvalue weighted by atomic mass is 9.98. The zero-order valence-corrected chi connectivity index (χ0v) is 43.8. The first-order chi connectivity index (χ1) is 33.4. The van der Waals surface area contributed by atoms with E-state index in [0.717, 1.165) is 5.56 Å². The Labute approximate surface area is 429 Å². The van der Waals surface area contributed by atoms with Crippen LogP contribution in [0, 0.1) is 0 Å². The molecule has 1 aliphatic rings. The molecular weight excluding hydrogens is 1070 g/mol. The van der Waals surface area contributed by atoms with E-state index in [4.69, 9.17) is 29.8 Å². The number of nitrogens with one attached hydrogen (secondary N) is 4. The summed E-state index contributed by atoms with van der Waals surface area (Å²) in [4.78, 5) is 20.4. The highest BCUT2D eigenvalue weighted by molar-refractivity contribution is 14.0. The lowest BCUT2D eigenvalue weighted by Gasteiger charge is -2.27. The van der Waals surface area contributed by atoms with Gasteiger partial charge in [0.15, 0.2) is 5.95 Å². The molecule has 6 N–H and O–H groups in total. The molecule has 2 aromatic heterocycles. The molecule has 3 heterocycles. The Bertz CT molecular complexity index is 3150. The van der Waals surface area contributed by atoms with Gasteiger partial charge in [0.05, 0.1) is 44.5 Å². The average molecular weight is 1120 g/mol. The van der Waals surface area contributed by atoms with Gasteiger partial charge in [-0.3, -0.25) is 0 Å². The van der Waals surface area contributed by atoms with E-state index in [1.807, 2.05) is 12.1 Å². The molecule has 7 aromatic rings. The van der Waals surface area contributed by atoms with Gasteiger partial charge >= 0.3 is 6.09 Å². The number of aromatic nitrogens is 6. The zero-order valence-electron chi connectivity index (χ0n) is 39.9. The van der Waals surface area contributed by atoms with Crippen molar-refractivity contribution in [3.8, 4) is 39.8 Å². The first-order valence-corrected chi connectivity index (χ1v) is 25.2. The second kappa shape index (κ2) is 21.9. The summed E-state index contributed by atoms with van der Waals surface area (Å²) in [5, 5.41) is 19.5. The lowest BCUT2D eigenvalue weighted by Crippen LogP contribution is -2.50. The molecule has 2 atom stereocenters. The molecule has 1 fully saturated rings. The number of amides is 1. The summed E-state index contributed by atoms with van der Waals surface area (Å²) in [7, 11) is -5.13. The number of carbonyl (C=O) groups is 1. The second-order valence-electron chi connectivity index (χ2n) is 17.6. The zero-order chi connectivity index (χ0) is 49.8. The molecule has 0 saturated carbocycles. The number of aromatic amines is 1. The number of H-pyrrole nitrogens is 1. The number of halogens is 1. The Kier molecular flexibility index (Phi) is 16.2. The first kappa shape index (κ1) is 52.4.